The van der Waals surface area contributed by atoms with Gasteiger partial charge >= 0.3 is 23.5 Å². The van der Waals surface area contributed by atoms with Crippen molar-refractivity contribution in [2.24, 2.45) is 15.6 Å². The largest absolute Gasteiger partial charge is 0.481 e. The zero-order valence-corrected chi connectivity index (χ0v) is 33.4. The van der Waals surface area contributed by atoms with Crippen LogP contribution in [0, 0.1) is 5.41 Å². The predicted molar refractivity (Wildman–Crippen MR) is 191 cm³/mol. The number of hydrogen-bond donors (Lipinski definition) is 9. The number of nitrogens with one attached hydrogen (secondary N) is 2. The van der Waals surface area contributed by atoms with E-state index in [0.717, 1.165) is 6.33 Å². The summed E-state index contributed by atoms with van der Waals surface area (Å²) in [6.07, 6.45) is -5.88. The maximum Gasteiger partial charge on any atom is 0.481 e. The van der Waals surface area contributed by atoms with Gasteiger partial charge in [-0.2, -0.15) is 4.31 Å². The van der Waals surface area contributed by atoms with Gasteiger partial charge in [-0.25, -0.2) is 23.7 Å². The van der Waals surface area contributed by atoms with E-state index >= 15 is 0 Å². The van der Waals surface area contributed by atoms with Crippen LogP contribution in [0.4, 0.5) is 11.5 Å². The van der Waals surface area contributed by atoms with Crippen LogP contribution in [0.1, 0.15) is 66.0 Å². The maximum atomic E-state index is 12.7. The highest BCUT2D eigenvalue weighted by Gasteiger charge is 2.52. The number of phosphoric ester groups is 3. The molecule has 7 unspecified atom stereocenters. The molecule has 1 saturated heterocycles. The zero-order valence-electron chi connectivity index (χ0n) is 30.7. The van der Waals surface area contributed by atoms with Crippen molar-refractivity contribution in [2.45, 2.75) is 96.4 Å². The van der Waals surface area contributed by atoms with Crippen LogP contribution < -0.4 is 16.4 Å². The third-order valence-electron chi connectivity index (χ3n) is 7.68. The number of oxime groups is 1. The normalized spacial score (nSPS) is 24.4. The number of nitrogens with two attached hydrogens (primary N) is 1. The fraction of sp³-hybridized carbons (Fsp3) is 0.714. The minimum atomic E-state index is -5.55. The first-order chi connectivity index (χ1) is 25.2. The molecule has 0 saturated carbocycles. The highest BCUT2D eigenvalue weighted by Crippen LogP contribution is 2.61. The molecule has 1 aromatic rings. The third-order valence-corrected chi connectivity index (χ3v) is 10.8. The monoisotopic (exact) mass is 847 g/mol. The Balaban J connectivity index is 1.50. The van der Waals surface area contributed by atoms with Gasteiger partial charge in [0, 0.05) is 37.6 Å². The molecule has 0 spiro atoms. The van der Waals surface area contributed by atoms with E-state index in [-0.39, 0.29) is 36.7 Å². The smallest absolute Gasteiger partial charge is 0.390 e. The molecule has 27 heteroatoms. The molecule has 3 rings (SSSR count). The highest BCUT2D eigenvalue weighted by atomic mass is 31.3. The molecule has 0 bridgehead atoms. The fourth-order valence-electron chi connectivity index (χ4n) is 4.89. The topological polar surface area (TPSA) is 363 Å². The fourth-order valence-corrected chi connectivity index (χ4v) is 7.72. The van der Waals surface area contributed by atoms with Gasteiger partial charge in [-0.15, -0.1) is 0 Å². The van der Waals surface area contributed by atoms with Crippen molar-refractivity contribution >= 4 is 58.7 Å². The number of rotatable bonds is 20. The van der Waals surface area contributed by atoms with Crippen LogP contribution in [0.3, 0.4) is 0 Å². The lowest BCUT2D eigenvalue weighted by molar-refractivity contribution is -0.137. The quantitative estimate of drug-likeness (QED) is 0.0484. The molecular formula is C28H48N7O17P3. The van der Waals surface area contributed by atoms with Crippen molar-refractivity contribution in [3.8, 4) is 0 Å². The molecule has 24 nitrogen and oxygen atoms in total. The van der Waals surface area contributed by atoms with E-state index in [0.29, 0.717) is 12.1 Å². The Kier molecular flexibility index (Phi) is 15.8. The minimum Gasteiger partial charge on any atom is -0.390 e. The maximum absolute atomic E-state index is 12.7. The number of hydrogen-bond acceptors (Lipinski definition) is 18. The van der Waals surface area contributed by atoms with Crippen LogP contribution >= 0.6 is 23.5 Å². The number of phosphoric acid groups is 3. The van der Waals surface area contributed by atoms with E-state index in [9.17, 15) is 53.1 Å². The number of fused-ring (bicyclic) bond motifs is 1. The van der Waals surface area contributed by atoms with Gasteiger partial charge in [-0.3, -0.25) is 28.2 Å². The lowest BCUT2D eigenvalue weighted by Crippen LogP contribution is -2.46. The van der Waals surface area contributed by atoms with Crippen molar-refractivity contribution in [1.29, 1.82) is 0 Å². The molecule has 55 heavy (non-hydrogen) atoms. The molecule has 2 aliphatic rings. The van der Waals surface area contributed by atoms with Gasteiger partial charge in [0.1, 0.15) is 48.1 Å². The van der Waals surface area contributed by atoms with Crippen LogP contribution in [-0.2, 0) is 50.7 Å². The molecule has 0 aliphatic carbocycles. The average Bonchev–Trinajstić information content (AvgIpc) is 3.61. The van der Waals surface area contributed by atoms with Gasteiger partial charge in [0.05, 0.1) is 30.5 Å². The second kappa shape index (κ2) is 18.6. The Hall–Kier alpha value is -2.79. The molecule has 1 fully saturated rings. The van der Waals surface area contributed by atoms with Crippen LogP contribution in [-0.4, -0.2) is 126 Å². The second-order valence-corrected chi connectivity index (χ2v) is 18.4. The average molecular weight is 848 g/mol. The summed E-state index contributed by atoms with van der Waals surface area (Å²) in [6.45, 7) is 7.91. The number of ether oxygens (including phenoxy) is 1. The van der Waals surface area contributed by atoms with Crippen molar-refractivity contribution < 1.29 is 80.5 Å². The molecule has 1 aromatic heterocycles. The summed E-state index contributed by atoms with van der Waals surface area (Å²) in [6, 6.07) is 0. The molecule has 8 atom stereocenters. The van der Waals surface area contributed by atoms with Gasteiger partial charge in [0.15, 0.2) is 5.82 Å². The van der Waals surface area contributed by atoms with E-state index in [1.807, 2.05) is 20.8 Å². The lowest BCUT2D eigenvalue weighted by atomic mass is 9.87. The summed E-state index contributed by atoms with van der Waals surface area (Å²) in [5.74, 6) is -2.29. The molecule has 2 aliphatic heterocycles. The van der Waals surface area contributed by atoms with Gasteiger partial charge in [-0.05, 0) is 27.7 Å². The van der Waals surface area contributed by atoms with Gasteiger partial charge in [-0.1, -0.05) is 19.0 Å². The number of aliphatic hydroxyl groups excluding tert-OH is 2. The summed E-state index contributed by atoms with van der Waals surface area (Å²) in [5.41, 5.74) is 4.75. The Labute approximate surface area is 315 Å². The van der Waals surface area contributed by atoms with E-state index in [1.165, 1.54) is 20.1 Å². The lowest BCUT2D eigenvalue weighted by Gasteiger charge is -2.30. The molecule has 3 heterocycles. The summed E-state index contributed by atoms with van der Waals surface area (Å²) in [7, 11) is -16.3. The van der Waals surface area contributed by atoms with E-state index in [4.69, 9.17) is 24.4 Å². The molecule has 312 valence electrons. The number of carbonyl (C=O) groups excluding carboxylic acids is 2. The van der Waals surface area contributed by atoms with Crippen molar-refractivity contribution in [2.75, 3.05) is 32.0 Å². The van der Waals surface area contributed by atoms with Crippen molar-refractivity contribution in [1.82, 2.24) is 20.6 Å². The Morgan fingerprint density at radius 1 is 1.02 bits per heavy atom. The van der Waals surface area contributed by atoms with E-state index in [2.05, 4.69) is 39.6 Å². The zero-order chi connectivity index (χ0) is 41.6. The number of anilines is 1. The summed E-state index contributed by atoms with van der Waals surface area (Å²) in [4.78, 5) is 81.1. The first-order valence-electron chi connectivity index (χ1n) is 16.5. The predicted octanol–water partition coefficient (Wildman–Crippen LogP) is 0.306. The molecule has 10 N–H and O–H groups in total. The molecular weight excluding hydrogens is 799 g/mol. The van der Waals surface area contributed by atoms with Gasteiger partial charge in [0.2, 0.25) is 11.8 Å². The number of aromatic nitrogens is 2. The number of amides is 2. The summed E-state index contributed by atoms with van der Waals surface area (Å²) >= 11 is 0. The standard InChI is InChI=1S/C28H48N7O17P3/c1-15(35-51-27(2,3)4)7-9-30-18(36)8-10-31-26(39)24(38)28(5,6)13-48-55(45,46)52-54(43,44)47-12-17-23(50-53(40,41)42)21(37)22(49-17)16-11-32-20-19(16)33-14-34-25(20)29/h11,14,16-17,21-24,37-38H,7-10,12-13H2,1-6H3,(H,30,36)(H,31,39)(H,43,44)(H,45,46)(H2,29,33,34)(H2,40,41,42)/b35-15+/t16?,17?,21?,22?,23?,24-/m1/s1. The number of aliphatic imine (C=N–C) groups is 1. The van der Waals surface area contributed by atoms with Gasteiger partial charge < -0.3 is 55.7 Å². The second-order valence-electron chi connectivity index (χ2n) is 14.1. The van der Waals surface area contributed by atoms with Gasteiger partial charge in [0.25, 0.3) is 0 Å². The van der Waals surface area contributed by atoms with Crippen LogP contribution in [0.15, 0.2) is 16.5 Å². The minimum absolute atomic E-state index is 0.00225. The van der Waals surface area contributed by atoms with Crippen LogP contribution in [0.5, 0.6) is 0 Å². The van der Waals surface area contributed by atoms with Crippen molar-refractivity contribution in [3.63, 3.8) is 0 Å². The Bertz CT molecular complexity index is 1740. The van der Waals surface area contributed by atoms with Crippen LogP contribution in [0.25, 0.3) is 0 Å². The Morgan fingerprint density at radius 2 is 1.65 bits per heavy atom. The number of nitrogen functional groups attached to an aromatic ring is 1. The van der Waals surface area contributed by atoms with Crippen LogP contribution in [0.2, 0.25) is 0 Å². The SMILES string of the molecule is C/C(CCNC(=O)CCNC(=O)[C@@H](O)C(C)(C)COP(=O)(O)OP(=O)(O)OCC1OC(C2C=Nc3c(N)ncnc32)C(O)C1OP(=O)(O)O)=N\OC(C)(C)C. The molecule has 0 aromatic carbocycles. The number of carbonyl (C=O) groups is 2. The summed E-state index contributed by atoms with van der Waals surface area (Å²) in [5, 5.41) is 30.5. The third kappa shape index (κ3) is 14.6. The number of nitrogens with zero attached hydrogens (tertiary/aromatic N) is 4. The van der Waals surface area contributed by atoms with E-state index in [1.54, 1.807) is 6.92 Å². The highest BCUT2D eigenvalue weighted by molar-refractivity contribution is 7.61. The molecule has 0 radical (unpaired) electrons. The van der Waals surface area contributed by atoms with E-state index < -0.39 is 95.9 Å². The van der Waals surface area contributed by atoms with Crippen molar-refractivity contribution in [3.05, 3.63) is 12.0 Å². The Morgan fingerprint density at radius 3 is 2.29 bits per heavy atom. The first kappa shape index (κ1) is 46.6. The molecule has 2 amide bonds. The number of aliphatic hydroxyl groups is 2. The summed E-state index contributed by atoms with van der Waals surface area (Å²) < 4.78 is 61.1. The first-order valence-corrected chi connectivity index (χ1v) is 21.0.